The minimum atomic E-state index is -0.832. The van der Waals surface area contributed by atoms with Crippen LogP contribution in [0.5, 0.6) is 0 Å². The fourth-order valence-electron chi connectivity index (χ4n) is 5.06. The lowest BCUT2D eigenvalue weighted by Crippen LogP contribution is -2.33. The Labute approximate surface area is 246 Å². The third kappa shape index (κ3) is 6.50. The number of aromatic nitrogens is 2. The number of carbonyl (C=O) groups excluding carboxylic acids is 2. The van der Waals surface area contributed by atoms with Gasteiger partial charge >= 0.3 is 0 Å². The molecule has 1 aliphatic rings. The van der Waals surface area contributed by atoms with Crippen molar-refractivity contribution in [1.29, 1.82) is 0 Å². The second-order valence-electron chi connectivity index (χ2n) is 12.2. The first-order valence-electron chi connectivity index (χ1n) is 14.1. The molecule has 0 aliphatic carbocycles. The molecule has 3 N–H and O–H groups in total. The number of β-amino-alcohol motifs (C(OH)–C–C–N with tert-alkyl or cyclic N) is 1. The molecule has 8 heteroatoms. The number of hydrogen-bond donors (Lipinski definition) is 3. The van der Waals surface area contributed by atoms with E-state index in [9.17, 15) is 14.7 Å². The van der Waals surface area contributed by atoms with Crippen molar-refractivity contribution in [2.24, 2.45) is 0 Å². The molecular formula is C34H37N5O3. The van der Waals surface area contributed by atoms with Gasteiger partial charge in [-0.25, -0.2) is 9.97 Å². The molecule has 1 aromatic heterocycles. The van der Waals surface area contributed by atoms with Crippen molar-refractivity contribution < 1.29 is 14.7 Å². The predicted molar refractivity (Wildman–Crippen MR) is 166 cm³/mol. The largest absolute Gasteiger partial charge is 0.388 e. The van der Waals surface area contributed by atoms with Crippen LogP contribution in [0.3, 0.4) is 0 Å². The molecule has 0 bridgehead atoms. The van der Waals surface area contributed by atoms with Gasteiger partial charge < -0.3 is 20.6 Å². The maximum Gasteiger partial charge on any atom is 0.255 e. The Morgan fingerprint density at radius 1 is 0.952 bits per heavy atom. The number of carbonyl (C=O) groups is 2. The molecule has 2 heterocycles. The van der Waals surface area contributed by atoms with Gasteiger partial charge in [-0.05, 0) is 85.3 Å². The van der Waals surface area contributed by atoms with Crippen LogP contribution >= 0.6 is 0 Å². The minimum Gasteiger partial charge on any atom is -0.388 e. The van der Waals surface area contributed by atoms with E-state index in [1.54, 1.807) is 30.2 Å². The molecule has 3 aromatic carbocycles. The molecule has 2 amide bonds. The summed E-state index contributed by atoms with van der Waals surface area (Å²) in [4.78, 5) is 36.6. The number of likely N-dealkylation sites (tertiary alicyclic amines) is 1. The van der Waals surface area contributed by atoms with Crippen molar-refractivity contribution in [3.8, 4) is 11.3 Å². The van der Waals surface area contributed by atoms with Crippen LogP contribution in [0.4, 0.5) is 17.3 Å². The van der Waals surface area contributed by atoms with E-state index in [2.05, 4.69) is 36.4 Å². The molecule has 4 aromatic rings. The van der Waals surface area contributed by atoms with Crippen LogP contribution in [0.1, 0.15) is 66.0 Å². The lowest BCUT2D eigenvalue weighted by atomic mass is 9.86. The number of aliphatic hydroxyl groups is 1. The van der Waals surface area contributed by atoms with E-state index >= 15 is 0 Å². The summed E-state index contributed by atoms with van der Waals surface area (Å²) in [5, 5.41) is 16.4. The van der Waals surface area contributed by atoms with Crippen molar-refractivity contribution >= 4 is 29.1 Å². The third-order valence-electron chi connectivity index (χ3n) is 7.65. The maximum atomic E-state index is 13.0. The fraction of sp³-hybridized carbons (Fsp3) is 0.294. The standard InChI is InChI=1S/C34H37N5O3/c1-22-27(7-6-8-28(22)37-30(40)23-9-13-25(14-10-23)33(2,3)4)29-17-19-35-32(38-29)36-26-15-11-24(12-16-26)31(41)39-20-18-34(5,42)21-39/h6-17,19,42H,18,20-21H2,1-5H3,(H,37,40)(H,35,36,38). The minimum absolute atomic E-state index is 0.0189. The van der Waals surface area contributed by atoms with Crippen molar-refractivity contribution in [1.82, 2.24) is 14.9 Å². The third-order valence-corrected chi connectivity index (χ3v) is 7.65. The Hall–Kier alpha value is -4.56. The van der Waals surface area contributed by atoms with Crippen molar-refractivity contribution in [3.63, 3.8) is 0 Å². The molecule has 1 atom stereocenters. The van der Waals surface area contributed by atoms with Gasteiger partial charge in [-0.2, -0.15) is 0 Å². The molecule has 1 aliphatic heterocycles. The van der Waals surface area contributed by atoms with Crippen LogP contribution in [0, 0.1) is 6.92 Å². The number of benzene rings is 3. The van der Waals surface area contributed by atoms with E-state index in [1.807, 2.05) is 67.6 Å². The molecule has 1 unspecified atom stereocenters. The van der Waals surface area contributed by atoms with Crippen molar-refractivity contribution in [2.75, 3.05) is 23.7 Å². The Morgan fingerprint density at radius 2 is 1.64 bits per heavy atom. The second kappa shape index (κ2) is 11.4. The highest BCUT2D eigenvalue weighted by Gasteiger charge is 2.34. The first-order valence-corrected chi connectivity index (χ1v) is 14.1. The van der Waals surface area contributed by atoms with E-state index in [-0.39, 0.29) is 17.2 Å². The maximum absolute atomic E-state index is 13.0. The van der Waals surface area contributed by atoms with E-state index in [0.717, 1.165) is 16.8 Å². The topological polar surface area (TPSA) is 107 Å². The van der Waals surface area contributed by atoms with E-state index in [1.165, 1.54) is 5.56 Å². The van der Waals surface area contributed by atoms with E-state index in [0.29, 0.717) is 48.0 Å². The summed E-state index contributed by atoms with van der Waals surface area (Å²) in [5.74, 6) is 0.148. The first kappa shape index (κ1) is 29.0. The summed E-state index contributed by atoms with van der Waals surface area (Å²) in [7, 11) is 0. The smallest absolute Gasteiger partial charge is 0.255 e. The second-order valence-corrected chi connectivity index (χ2v) is 12.2. The Morgan fingerprint density at radius 3 is 2.29 bits per heavy atom. The Kier molecular flexibility index (Phi) is 7.84. The SMILES string of the molecule is Cc1c(NC(=O)c2ccc(C(C)(C)C)cc2)cccc1-c1ccnc(Nc2ccc(C(=O)N3CCC(C)(O)C3)cc2)n1. The van der Waals surface area contributed by atoms with Gasteiger partial charge in [-0.1, -0.05) is 45.0 Å². The van der Waals surface area contributed by atoms with Crippen LogP contribution in [0.2, 0.25) is 0 Å². The van der Waals surface area contributed by atoms with Crippen LogP contribution in [-0.2, 0) is 5.41 Å². The lowest BCUT2D eigenvalue weighted by Gasteiger charge is -2.19. The van der Waals surface area contributed by atoms with Crippen LogP contribution < -0.4 is 10.6 Å². The number of rotatable bonds is 6. The van der Waals surface area contributed by atoms with Gasteiger partial charge in [-0.15, -0.1) is 0 Å². The number of nitrogens with one attached hydrogen (secondary N) is 2. The monoisotopic (exact) mass is 563 g/mol. The number of amides is 2. The summed E-state index contributed by atoms with van der Waals surface area (Å²) in [6.45, 7) is 11.0. The summed E-state index contributed by atoms with van der Waals surface area (Å²) in [6.07, 6.45) is 2.26. The van der Waals surface area contributed by atoms with Crippen molar-refractivity contribution in [2.45, 2.75) is 52.1 Å². The van der Waals surface area contributed by atoms with Crippen LogP contribution in [0.25, 0.3) is 11.3 Å². The van der Waals surface area contributed by atoms with Gasteiger partial charge in [0, 0.05) is 47.4 Å². The van der Waals surface area contributed by atoms with Gasteiger partial charge in [0.05, 0.1) is 11.3 Å². The fourth-order valence-corrected chi connectivity index (χ4v) is 5.06. The lowest BCUT2D eigenvalue weighted by molar-refractivity contribution is 0.0572. The number of nitrogens with zero attached hydrogens (tertiary/aromatic N) is 3. The van der Waals surface area contributed by atoms with Gasteiger partial charge in [0.2, 0.25) is 5.95 Å². The van der Waals surface area contributed by atoms with Gasteiger partial charge in [0.25, 0.3) is 11.8 Å². The van der Waals surface area contributed by atoms with Gasteiger partial charge in [-0.3, -0.25) is 9.59 Å². The molecule has 216 valence electrons. The first-order chi connectivity index (χ1) is 19.9. The summed E-state index contributed by atoms with van der Waals surface area (Å²) in [5.41, 5.74) is 5.46. The highest BCUT2D eigenvalue weighted by atomic mass is 16.3. The molecule has 8 nitrogen and oxygen atoms in total. The molecule has 42 heavy (non-hydrogen) atoms. The van der Waals surface area contributed by atoms with E-state index in [4.69, 9.17) is 4.98 Å². The highest BCUT2D eigenvalue weighted by Crippen LogP contribution is 2.29. The Balaban J connectivity index is 1.28. The summed E-state index contributed by atoms with van der Waals surface area (Å²) >= 11 is 0. The number of hydrogen-bond acceptors (Lipinski definition) is 6. The molecule has 0 spiro atoms. The van der Waals surface area contributed by atoms with Crippen LogP contribution in [-0.4, -0.2) is 50.5 Å². The highest BCUT2D eigenvalue weighted by molar-refractivity contribution is 6.05. The zero-order valence-corrected chi connectivity index (χ0v) is 24.7. The van der Waals surface area contributed by atoms with Crippen LogP contribution in [0.15, 0.2) is 79.0 Å². The normalized spacial score (nSPS) is 16.8. The molecular weight excluding hydrogens is 526 g/mol. The Bertz CT molecular complexity index is 1610. The zero-order valence-electron chi connectivity index (χ0n) is 24.7. The average Bonchev–Trinajstić information content (AvgIpc) is 3.33. The predicted octanol–water partition coefficient (Wildman–Crippen LogP) is 6.34. The van der Waals surface area contributed by atoms with Gasteiger partial charge in [0.15, 0.2) is 0 Å². The molecule has 1 saturated heterocycles. The quantitative estimate of drug-likeness (QED) is 0.253. The average molecular weight is 564 g/mol. The molecule has 0 saturated carbocycles. The molecule has 0 radical (unpaired) electrons. The molecule has 1 fully saturated rings. The zero-order chi connectivity index (χ0) is 30.1. The summed E-state index contributed by atoms with van der Waals surface area (Å²) in [6, 6.07) is 22.4. The number of anilines is 3. The van der Waals surface area contributed by atoms with Crippen molar-refractivity contribution in [3.05, 3.63) is 101 Å². The van der Waals surface area contributed by atoms with Gasteiger partial charge in [0.1, 0.15) is 0 Å². The van der Waals surface area contributed by atoms with E-state index < -0.39 is 5.60 Å². The summed E-state index contributed by atoms with van der Waals surface area (Å²) < 4.78 is 0. The molecule has 5 rings (SSSR count).